The second-order valence-corrected chi connectivity index (χ2v) is 5.42. The summed E-state index contributed by atoms with van der Waals surface area (Å²) >= 11 is 15.1. The minimum Gasteiger partial charge on any atom is -0.207 e. The Kier molecular flexibility index (Phi) is 4.25. The molecule has 0 saturated carbocycles. The first-order valence-corrected chi connectivity index (χ1v) is 6.71. The van der Waals surface area contributed by atoms with E-state index in [-0.39, 0.29) is 5.56 Å². The molecule has 0 N–H and O–H groups in total. The molecule has 1 unspecified atom stereocenters. The lowest BCUT2D eigenvalue weighted by atomic mass is 10.0. The molecule has 0 spiro atoms. The van der Waals surface area contributed by atoms with Crippen molar-refractivity contribution in [2.24, 2.45) is 0 Å². The van der Waals surface area contributed by atoms with Crippen molar-refractivity contribution in [2.45, 2.75) is 4.83 Å². The largest absolute Gasteiger partial charge is 0.207 e. The van der Waals surface area contributed by atoms with Crippen LogP contribution in [0.2, 0.25) is 10.0 Å². The molecule has 2 aromatic rings. The summed E-state index contributed by atoms with van der Waals surface area (Å²) in [7, 11) is 0. The van der Waals surface area contributed by atoms with Gasteiger partial charge in [-0.3, -0.25) is 0 Å². The molecule has 94 valence electrons. The molecular formula is C13H7BrCl2F2. The van der Waals surface area contributed by atoms with Gasteiger partial charge in [-0.25, -0.2) is 8.78 Å². The third kappa shape index (κ3) is 2.68. The first kappa shape index (κ1) is 13.8. The number of halogens is 5. The highest BCUT2D eigenvalue weighted by atomic mass is 79.9. The van der Waals surface area contributed by atoms with Crippen molar-refractivity contribution < 1.29 is 8.78 Å². The van der Waals surface area contributed by atoms with E-state index >= 15 is 0 Å². The predicted molar refractivity (Wildman–Crippen MR) is 73.6 cm³/mol. The predicted octanol–water partition coefficient (Wildman–Crippen LogP) is 5.76. The summed E-state index contributed by atoms with van der Waals surface area (Å²) in [5.74, 6) is -1.26. The van der Waals surface area contributed by atoms with Crippen LogP contribution in [0.1, 0.15) is 16.0 Å². The van der Waals surface area contributed by atoms with Gasteiger partial charge in [-0.2, -0.15) is 0 Å². The van der Waals surface area contributed by atoms with Crippen LogP contribution in [0.4, 0.5) is 8.78 Å². The Balaban J connectivity index is 2.54. The van der Waals surface area contributed by atoms with Gasteiger partial charge < -0.3 is 0 Å². The Labute approximate surface area is 122 Å². The van der Waals surface area contributed by atoms with Crippen LogP contribution in [0.15, 0.2) is 36.4 Å². The Bertz CT molecular complexity index is 567. The molecule has 0 heterocycles. The Morgan fingerprint density at radius 3 is 2.22 bits per heavy atom. The van der Waals surface area contributed by atoms with Gasteiger partial charge in [0.2, 0.25) is 0 Å². The molecule has 2 rings (SSSR count). The highest BCUT2D eigenvalue weighted by Crippen LogP contribution is 2.38. The lowest BCUT2D eigenvalue weighted by Gasteiger charge is -2.14. The molecule has 0 bridgehead atoms. The third-order valence-corrected chi connectivity index (χ3v) is 4.01. The standard InChI is InChI=1S/C13H7BrCl2F2/c14-13(8-6-7(15)4-5-9(8)16)12-10(17)2-1-3-11(12)18/h1-6,13H. The van der Waals surface area contributed by atoms with Gasteiger partial charge in [-0.15, -0.1) is 0 Å². The van der Waals surface area contributed by atoms with Crippen LogP contribution >= 0.6 is 39.1 Å². The van der Waals surface area contributed by atoms with Crippen LogP contribution in [-0.2, 0) is 0 Å². The summed E-state index contributed by atoms with van der Waals surface area (Å²) in [6.07, 6.45) is 0. The van der Waals surface area contributed by atoms with E-state index in [1.54, 1.807) is 18.2 Å². The van der Waals surface area contributed by atoms with Gasteiger partial charge in [0.1, 0.15) is 11.6 Å². The maximum Gasteiger partial charge on any atom is 0.130 e. The van der Waals surface area contributed by atoms with Crippen molar-refractivity contribution >= 4 is 39.1 Å². The summed E-state index contributed by atoms with van der Waals surface area (Å²) in [4.78, 5) is -0.690. The molecule has 2 aromatic carbocycles. The molecule has 18 heavy (non-hydrogen) atoms. The van der Waals surface area contributed by atoms with Gasteiger partial charge in [0.25, 0.3) is 0 Å². The number of hydrogen-bond donors (Lipinski definition) is 0. The second kappa shape index (κ2) is 5.55. The van der Waals surface area contributed by atoms with E-state index < -0.39 is 16.5 Å². The van der Waals surface area contributed by atoms with Crippen LogP contribution in [0.5, 0.6) is 0 Å². The fourth-order valence-electron chi connectivity index (χ4n) is 1.62. The normalized spacial score (nSPS) is 12.5. The molecule has 0 aliphatic carbocycles. The van der Waals surface area contributed by atoms with E-state index in [0.29, 0.717) is 15.6 Å². The zero-order valence-corrected chi connectivity index (χ0v) is 12.0. The SMILES string of the molecule is Fc1cccc(F)c1C(Br)c1cc(Cl)ccc1Cl. The minimum absolute atomic E-state index is 0.0818. The lowest BCUT2D eigenvalue weighted by molar-refractivity contribution is 0.561. The van der Waals surface area contributed by atoms with Crippen molar-refractivity contribution in [3.8, 4) is 0 Å². The minimum atomic E-state index is -0.690. The molecule has 5 heteroatoms. The van der Waals surface area contributed by atoms with Gasteiger partial charge in [-0.1, -0.05) is 45.2 Å². The molecule has 0 radical (unpaired) electrons. The Morgan fingerprint density at radius 1 is 1.00 bits per heavy atom. The van der Waals surface area contributed by atoms with Crippen molar-refractivity contribution in [1.82, 2.24) is 0 Å². The molecule has 1 atom stereocenters. The van der Waals surface area contributed by atoms with E-state index in [2.05, 4.69) is 15.9 Å². The van der Waals surface area contributed by atoms with Crippen molar-refractivity contribution in [1.29, 1.82) is 0 Å². The van der Waals surface area contributed by atoms with Crippen molar-refractivity contribution in [3.05, 3.63) is 69.2 Å². The maximum atomic E-state index is 13.7. The monoisotopic (exact) mass is 350 g/mol. The van der Waals surface area contributed by atoms with Gasteiger partial charge in [0.15, 0.2) is 0 Å². The van der Waals surface area contributed by atoms with Gasteiger partial charge >= 0.3 is 0 Å². The second-order valence-electron chi connectivity index (χ2n) is 3.66. The van der Waals surface area contributed by atoms with Crippen LogP contribution < -0.4 is 0 Å². The van der Waals surface area contributed by atoms with Crippen LogP contribution in [-0.4, -0.2) is 0 Å². The summed E-state index contributed by atoms with van der Waals surface area (Å²) < 4.78 is 27.3. The average molecular weight is 352 g/mol. The molecule has 0 aromatic heterocycles. The molecule has 0 saturated heterocycles. The van der Waals surface area contributed by atoms with E-state index in [9.17, 15) is 8.78 Å². The van der Waals surface area contributed by atoms with E-state index in [4.69, 9.17) is 23.2 Å². The zero-order chi connectivity index (χ0) is 13.3. The van der Waals surface area contributed by atoms with Crippen LogP contribution in [0.3, 0.4) is 0 Å². The topological polar surface area (TPSA) is 0 Å². The number of alkyl halides is 1. The molecular weight excluding hydrogens is 345 g/mol. The highest BCUT2D eigenvalue weighted by Gasteiger charge is 2.21. The summed E-state index contributed by atoms with van der Waals surface area (Å²) in [5.41, 5.74) is 0.440. The first-order valence-electron chi connectivity index (χ1n) is 5.03. The number of benzene rings is 2. The lowest BCUT2D eigenvalue weighted by Crippen LogP contribution is -2.01. The summed E-state index contributed by atoms with van der Waals surface area (Å²) in [6.45, 7) is 0. The summed E-state index contributed by atoms with van der Waals surface area (Å²) in [5, 5.41) is 0.847. The quantitative estimate of drug-likeness (QED) is 0.604. The molecule has 0 nitrogen and oxygen atoms in total. The molecule has 0 fully saturated rings. The third-order valence-electron chi connectivity index (χ3n) is 2.48. The Hall–Kier alpha value is -0.640. The fraction of sp³-hybridized carbons (Fsp3) is 0.0769. The zero-order valence-electron chi connectivity index (χ0n) is 8.93. The molecule has 0 amide bonds. The van der Waals surface area contributed by atoms with E-state index in [1.165, 1.54) is 18.2 Å². The van der Waals surface area contributed by atoms with E-state index in [1.807, 2.05) is 0 Å². The molecule has 0 aliphatic heterocycles. The highest BCUT2D eigenvalue weighted by molar-refractivity contribution is 9.09. The van der Waals surface area contributed by atoms with Crippen molar-refractivity contribution in [2.75, 3.05) is 0 Å². The van der Waals surface area contributed by atoms with Gasteiger partial charge in [0, 0.05) is 15.6 Å². The van der Waals surface area contributed by atoms with Crippen LogP contribution in [0.25, 0.3) is 0 Å². The Morgan fingerprint density at radius 2 is 1.61 bits per heavy atom. The average Bonchev–Trinajstić information content (AvgIpc) is 2.32. The van der Waals surface area contributed by atoms with Gasteiger partial charge in [-0.05, 0) is 35.9 Å². The number of rotatable bonds is 2. The summed E-state index contributed by atoms with van der Waals surface area (Å²) in [6, 6.07) is 8.50. The number of hydrogen-bond acceptors (Lipinski definition) is 0. The van der Waals surface area contributed by atoms with Crippen LogP contribution in [0, 0.1) is 11.6 Å². The molecule has 0 aliphatic rings. The van der Waals surface area contributed by atoms with Gasteiger partial charge in [0.05, 0.1) is 4.83 Å². The fourth-order valence-corrected chi connectivity index (χ4v) is 2.97. The van der Waals surface area contributed by atoms with Crippen molar-refractivity contribution in [3.63, 3.8) is 0 Å². The smallest absolute Gasteiger partial charge is 0.130 e. The maximum absolute atomic E-state index is 13.7. The van der Waals surface area contributed by atoms with E-state index in [0.717, 1.165) is 0 Å². The first-order chi connectivity index (χ1) is 8.50.